The molecule has 0 unspecified atom stereocenters. The highest BCUT2D eigenvalue weighted by Gasteiger charge is 2.16. The normalized spacial score (nSPS) is 10.2. The first-order valence-electron chi connectivity index (χ1n) is 8.20. The van der Waals surface area contributed by atoms with Gasteiger partial charge in [0.25, 0.3) is 0 Å². The zero-order valence-corrected chi connectivity index (χ0v) is 14.7. The molecule has 23 heavy (non-hydrogen) atoms. The highest BCUT2D eigenvalue weighted by Crippen LogP contribution is 2.34. The second-order valence-corrected chi connectivity index (χ2v) is 6.21. The van der Waals surface area contributed by atoms with E-state index in [-0.39, 0.29) is 0 Å². The minimum absolute atomic E-state index is 0.354. The molecule has 0 spiro atoms. The fraction of sp³-hybridized carbons (Fsp3) is 0.238. The zero-order valence-electron chi connectivity index (χ0n) is 13.9. The van der Waals surface area contributed by atoms with Gasteiger partial charge in [0.1, 0.15) is 0 Å². The van der Waals surface area contributed by atoms with Crippen LogP contribution in [0.15, 0.2) is 78.2 Å². The summed E-state index contributed by atoms with van der Waals surface area (Å²) < 4.78 is 0. The summed E-state index contributed by atoms with van der Waals surface area (Å²) >= 11 is 1.82. The Morgan fingerprint density at radius 2 is 1.26 bits per heavy atom. The fourth-order valence-corrected chi connectivity index (χ4v) is 3.40. The third-order valence-corrected chi connectivity index (χ3v) is 4.53. The number of benzene rings is 2. The van der Waals surface area contributed by atoms with Crippen LogP contribution in [0.5, 0.6) is 0 Å². The summed E-state index contributed by atoms with van der Waals surface area (Å²) in [6, 6.07) is 25.7. The fourth-order valence-electron chi connectivity index (χ4n) is 2.52. The van der Waals surface area contributed by atoms with Crippen molar-refractivity contribution in [3.8, 4) is 0 Å². The lowest BCUT2D eigenvalue weighted by molar-refractivity contribution is 0.762. The molecule has 0 aliphatic rings. The van der Waals surface area contributed by atoms with Crippen LogP contribution in [0.2, 0.25) is 0 Å². The molecular formula is C21H25NS. The van der Waals surface area contributed by atoms with E-state index in [1.165, 1.54) is 16.0 Å². The molecular weight excluding hydrogens is 298 g/mol. The Hall–Kier alpha value is -1.90. The van der Waals surface area contributed by atoms with E-state index in [0.717, 1.165) is 13.1 Å². The molecule has 120 valence electrons. The minimum Gasteiger partial charge on any atom is -0.317 e. The first kappa shape index (κ1) is 17.5. The molecule has 0 fully saturated rings. The second-order valence-electron chi connectivity index (χ2n) is 5.23. The van der Waals surface area contributed by atoms with Crippen molar-refractivity contribution in [3.63, 3.8) is 0 Å². The van der Waals surface area contributed by atoms with Crippen molar-refractivity contribution >= 4 is 11.3 Å². The van der Waals surface area contributed by atoms with Crippen molar-refractivity contribution in [1.29, 1.82) is 0 Å². The molecule has 1 nitrogen and oxygen atoms in total. The van der Waals surface area contributed by atoms with E-state index in [0.29, 0.717) is 5.92 Å². The molecule has 3 rings (SSSR count). The van der Waals surface area contributed by atoms with Crippen LogP contribution in [0.3, 0.4) is 0 Å². The summed E-state index contributed by atoms with van der Waals surface area (Å²) in [7, 11) is 0. The molecule has 0 atom stereocenters. The number of rotatable bonds is 5. The van der Waals surface area contributed by atoms with E-state index in [1.54, 1.807) is 0 Å². The molecule has 3 aromatic rings. The lowest BCUT2D eigenvalue weighted by Gasteiger charge is -2.16. The molecule has 0 amide bonds. The largest absolute Gasteiger partial charge is 0.317 e. The minimum atomic E-state index is 0.354. The number of hydrogen-bond acceptors (Lipinski definition) is 2. The van der Waals surface area contributed by atoms with E-state index in [9.17, 15) is 0 Å². The SMILES string of the molecule is CCNCC.c1ccc(C(c2ccccc2)c2cccs2)cc1. The summed E-state index contributed by atoms with van der Waals surface area (Å²) in [5.41, 5.74) is 2.71. The third kappa shape index (κ3) is 5.34. The maximum absolute atomic E-state index is 3.11. The van der Waals surface area contributed by atoms with Gasteiger partial charge in [0, 0.05) is 10.8 Å². The highest BCUT2D eigenvalue weighted by atomic mass is 32.1. The van der Waals surface area contributed by atoms with Crippen molar-refractivity contribution in [2.45, 2.75) is 19.8 Å². The molecule has 1 heterocycles. The van der Waals surface area contributed by atoms with E-state index in [2.05, 4.69) is 97.3 Å². The van der Waals surface area contributed by atoms with Crippen molar-refractivity contribution < 1.29 is 0 Å². The van der Waals surface area contributed by atoms with E-state index in [1.807, 2.05) is 11.3 Å². The predicted molar refractivity (Wildman–Crippen MR) is 102 cm³/mol. The molecule has 2 aromatic carbocycles. The Labute approximate surface area is 144 Å². The summed E-state index contributed by atoms with van der Waals surface area (Å²) in [6.07, 6.45) is 0. The van der Waals surface area contributed by atoms with E-state index < -0.39 is 0 Å². The summed E-state index contributed by atoms with van der Waals surface area (Å²) in [6.45, 7) is 6.39. The Balaban J connectivity index is 0.000000338. The van der Waals surface area contributed by atoms with E-state index >= 15 is 0 Å². The van der Waals surface area contributed by atoms with Crippen molar-refractivity contribution in [3.05, 3.63) is 94.2 Å². The first-order valence-corrected chi connectivity index (χ1v) is 9.08. The highest BCUT2D eigenvalue weighted by molar-refractivity contribution is 7.10. The van der Waals surface area contributed by atoms with Crippen LogP contribution >= 0.6 is 11.3 Å². The first-order chi connectivity index (χ1) is 11.4. The molecule has 2 heteroatoms. The average molecular weight is 324 g/mol. The van der Waals surface area contributed by atoms with Gasteiger partial charge < -0.3 is 5.32 Å². The summed E-state index contributed by atoms with van der Waals surface area (Å²) in [5, 5.41) is 5.26. The number of hydrogen-bond donors (Lipinski definition) is 1. The standard InChI is InChI=1S/C17H14S.C4H11N/c1-3-8-14(9-4-1)17(16-12-7-13-18-16)15-10-5-2-6-11-15;1-3-5-4-2/h1-13,17H;5H,3-4H2,1-2H3. The van der Waals surface area contributed by atoms with Crippen LogP contribution in [0.4, 0.5) is 0 Å². The van der Waals surface area contributed by atoms with Crippen LogP contribution in [0.25, 0.3) is 0 Å². The predicted octanol–water partition coefficient (Wildman–Crippen LogP) is 5.54. The Morgan fingerprint density at radius 1 is 0.739 bits per heavy atom. The number of thiophene rings is 1. The lowest BCUT2D eigenvalue weighted by atomic mass is 9.90. The molecule has 0 saturated heterocycles. The lowest BCUT2D eigenvalue weighted by Crippen LogP contribution is -2.09. The van der Waals surface area contributed by atoms with Gasteiger partial charge in [0.05, 0.1) is 0 Å². The Kier molecular flexibility index (Phi) is 7.58. The molecule has 1 N–H and O–H groups in total. The van der Waals surface area contributed by atoms with Gasteiger partial charge in [-0.2, -0.15) is 0 Å². The van der Waals surface area contributed by atoms with Gasteiger partial charge in [0.2, 0.25) is 0 Å². The molecule has 0 saturated carbocycles. The van der Waals surface area contributed by atoms with Crippen LogP contribution in [-0.2, 0) is 0 Å². The second kappa shape index (κ2) is 9.98. The van der Waals surface area contributed by atoms with Gasteiger partial charge in [-0.1, -0.05) is 80.6 Å². The molecule has 0 radical (unpaired) electrons. The topological polar surface area (TPSA) is 12.0 Å². The third-order valence-electron chi connectivity index (χ3n) is 3.59. The van der Waals surface area contributed by atoms with Gasteiger partial charge in [-0.15, -0.1) is 11.3 Å². The average Bonchev–Trinajstić information content (AvgIpc) is 3.13. The van der Waals surface area contributed by atoms with Gasteiger partial charge in [-0.3, -0.25) is 0 Å². The smallest absolute Gasteiger partial charge is 0.0433 e. The molecule has 0 bridgehead atoms. The summed E-state index contributed by atoms with van der Waals surface area (Å²) in [4.78, 5) is 1.40. The van der Waals surface area contributed by atoms with Crippen molar-refractivity contribution in [1.82, 2.24) is 5.32 Å². The quantitative estimate of drug-likeness (QED) is 0.649. The van der Waals surface area contributed by atoms with E-state index in [4.69, 9.17) is 0 Å². The Morgan fingerprint density at radius 3 is 1.61 bits per heavy atom. The maximum Gasteiger partial charge on any atom is 0.0433 e. The molecule has 0 aliphatic carbocycles. The van der Waals surface area contributed by atoms with Crippen LogP contribution in [0.1, 0.15) is 35.8 Å². The molecule has 1 aromatic heterocycles. The van der Waals surface area contributed by atoms with Gasteiger partial charge in [-0.25, -0.2) is 0 Å². The Bertz CT molecular complexity index is 591. The van der Waals surface area contributed by atoms with Gasteiger partial charge in [-0.05, 0) is 35.7 Å². The maximum atomic E-state index is 3.11. The van der Waals surface area contributed by atoms with Gasteiger partial charge >= 0.3 is 0 Å². The van der Waals surface area contributed by atoms with Gasteiger partial charge in [0.15, 0.2) is 0 Å². The summed E-state index contributed by atoms with van der Waals surface area (Å²) in [5.74, 6) is 0.354. The number of nitrogens with one attached hydrogen (secondary N) is 1. The van der Waals surface area contributed by atoms with Crippen molar-refractivity contribution in [2.75, 3.05) is 13.1 Å². The van der Waals surface area contributed by atoms with Crippen molar-refractivity contribution in [2.24, 2.45) is 0 Å². The molecule has 0 aliphatic heterocycles. The van der Waals surface area contributed by atoms with Crippen LogP contribution in [0, 0.1) is 0 Å². The van der Waals surface area contributed by atoms with Crippen LogP contribution in [-0.4, -0.2) is 13.1 Å². The van der Waals surface area contributed by atoms with Crippen LogP contribution < -0.4 is 5.32 Å². The zero-order chi connectivity index (χ0) is 16.3. The monoisotopic (exact) mass is 323 g/mol.